The molecule has 1 N–H and O–H groups in total. The standard InChI is InChI=1S/C17H22ClFN4O/c1-12(2)23-10-16(20-21-23)17(24)6-3-7-22(11-17)9-13-8-14(19)4-5-15(13)18/h4-5,8,10,12,24H,3,6-7,9,11H2,1-2H3/t17-/m0/s1. The van der Waals surface area contributed by atoms with E-state index in [0.29, 0.717) is 30.2 Å². The largest absolute Gasteiger partial charge is 0.382 e. The van der Waals surface area contributed by atoms with E-state index in [-0.39, 0.29) is 11.9 Å². The molecule has 1 aromatic heterocycles. The number of nitrogens with zero attached hydrogens (tertiary/aromatic N) is 4. The number of β-amino-alcohol motifs (C(OH)–C–C–N with tert-alkyl or cyclic N) is 1. The molecule has 24 heavy (non-hydrogen) atoms. The minimum absolute atomic E-state index is 0.195. The van der Waals surface area contributed by atoms with Crippen molar-refractivity contribution in [2.75, 3.05) is 13.1 Å². The van der Waals surface area contributed by atoms with Gasteiger partial charge >= 0.3 is 0 Å². The third-order valence-electron chi connectivity index (χ3n) is 4.47. The van der Waals surface area contributed by atoms with Gasteiger partial charge in [0.1, 0.15) is 17.1 Å². The molecule has 1 saturated heterocycles. The molecule has 2 aromatic rings. The highest BCUT2D eigenvalue weighted by Crippen LogP contribution is 2.32. The Kier molecular flexibility index (Phi) is 4.90. The highest BCUT2D eigenvalue weighted by molar-refractivity contribution is 6.31. The first-order valence-corrected chi connectivity index (χ1v) is 8.56. The van der Waals surface area contributed by atoms with Crippen LogP contribution in [0.4, 0.5) is 4.39 Å². The summed E-state index contributed by atoms with van der Waals surface area (Å²) in [6.07, 6.45) is 3.28. The Hall–Kier alpha value is -1.50. The van der Waals surface area contributed by atoms with Crippen molar-refractivity contribution in [1.29, 1.82) is 0 Å². The van der Waals surface area contributed by atoms with Crippen molar-refractivity contribution >= 4 is 11.6 Å². The molecular weight excluding hydrogens is 331 g/mol. The van der Waals surface area contributed by atoms with E-state index in [1.54, 1.807) is 10.7 Å². The van der Waals surface area contributed by atoms with Crippen LogP contribution in [0, 0.1) is 5.82 Å². The normalized spacial score (nSPS) is 22.2. The number of piperidine rings is 1. The number of aromatic nitrogens is 3. The van der Waals surface area contributed by atoms with E-state index in [1.165, 1.54) is 12.1 Å². The molecule has 0 bridgehead atoms. The molecule has 0 aliphatic carbocycles. The Bertz CT molecular complexity index is 720. The smallest absolute Gasteiger partial charge is 0.123 e. The molecule has 1 fully saturated rings. The topological polar surface area (TPSA) is 54.2 Å². The molecule has 1 aliphatic rings. The van der Waals surface area contributed by atoms with Gasteiger partial charge in [0.2, 0.25) is 0 Å². The van der Waals surface area contributed by atoms with E-state index < -0.39 is 5.60 Å². The lowest BCUT2D eigenvalue weighted by atomic mass is 9.89. The first-order chi connectivity index (χ1) is 11.4. The molecule has 7 heteroatoms. The van der Waals surface area contributed by atoms with Crippen molar-refractivity contribution in [3.8, 4) is 0 Å². The van der Waals surface area contributed by atoms with Crippen LogP contribution in [0.3, 0.4) is 0 Å². The van der Waals surface area contributed by atoms with Crippen LogP contribution in [0.5, 0.6) is 0 Å². The van der Waals surface area contributed by atoms with Crippen molar-refractivity contribution in [3.05, 3.63) is 46.5 Å². The van der Waals surface area contributed by atoms with Crippen LogP contribution in [0.2, 0.25) is 5.02 Å². The fourth-order valence-electron chi connectivity index (χ4n) is 3.11. The fraction of sp³-hybridized carbons (Fsp3) is 0.529. The van der Waals surface area contributed by atoms with E-state index in [1.807, 2.05) is 20.0 Å². The number of hydrogen-bond acceptors (Lipinski definition) is 4. The predicted octanol–water partition coefficient (Wildman–Crippen LogP) is 3.14. The summed E-state index contributed by atoms with van der Waals surface area (Å²) < 4.78 is 15.2. The summed E-state index contributed by atoms with van der Waals surface area (Å²) in [5.41, 5.74) is 0.281. The Morgan fingerprint density at radius 2 is 2.21 bits per heavy atom. The van der Waals surface area contributed by atoms with Crippen molar-refractivity contribution < 1.29 is 9.50 Å². The summed E-state index contributed by atoms with van der Waals surface area (Å²) in [7, 11) is 0. The van der Waals surface area contributed by atoms with Crippen molar-refractivity contribution in [3.63, 3.8) is 0 Å². The van der Waals surface area contributed by atoms with Crippen LogP contribution in [0.25, 0.3) is 0 Å². The highest BCUT2D eigenvalue weighted by atomic mass is 35.5. The second kappa shape index (κ2) is 6.78. The number of likely N-dealkylation sites (tertiary alicyclic amines) is 1. The second-order valence-electron chi connectivity index (χ2n) is 6.76. The van der Waals surface area contributed by atoms with E-state index >= 15 is 0 Å². The maximum Gasteiger partial charge on any atom is 0.123 e. The second-order valence-corrected chi connectivity index (χ2v) is 7.17. The van der Waals surface area contributed by atoms with Crippen LogP contribution < -0.4 is 0 Å². The van der Waals surface area contributed by atoms with Crippen LogP contribution in [-0.2, 0) is 12.1 Å². The third kappa shape index (κ3) is 3.61. The summed E-state index contributed by atoms with van der Waals surface area (Å²) in [4.78, 5) is 2.08. The lowest BCUT2D eigenvalue weighted by molar-refractivity contribution is -0.0414. The van der Waals surface area contributed by atoms with Gasteiger partial charge in [-0.15, -0.1) is 5.10 Å². The number of hydrogen-bond donors (Lipinski definition) is 1. The Balaban J connectivity index is 1.76. The zero-order chi connectivity index (χ0) is 17.3. The molecule has 5 nitrogen and oxygen atoms in total. The van der Waals surface area contributed by atoms with Crippen LogP contribution in [0.1, 0.15) is 44.0 Å². The number of benzene rings is 1. The minimum atomic E-state index is -1.04. The lowest BCUT2D eigenvalue weighted by Gasteiger charge is -2.38. The van der Waals surface area contributed by atoms with Gasteiger partial charge in [-0.05, 0) is 57.0 Å². The monoisotopic (exact) mass is 352 g/mol. The molecule has 1 aromatic carbocycles. The number of halogens is 2. The van der Waals surface area contributed by atoms with E-state index in [9.17, 15) is 9.50 Å². The van der Waals surface area contributed by atoms with Gasteiger partial charge in [0.05, 0.1) is 6.20 Å². The zero-order valence-corrected chi connectivity index (χ0v) is 14.7. The predicted molar refractivity (Wildman–Crippen MR) is 90.2 cm³/mol. The molecule has 0 amide bonds. The minimum Gasteiger partial charge on any atom is -0.382 e. The van der Waals surface area contributed by atoms with Crippen LogP contribution >= 0.6 is 11.6 Å². The Morgan fingerprint density at radius 1 is 1.42 bits per heavy atom. The molecule has 1 aliphatic heterocycles. The van der Waals surface area contributed by atoms with Gasteiger partial charge < -0.3 is 5.11 Å². The SMILES string of the molecule is CC(C)n1cc([C@]2(O)CCCN(Cc3cc(F)ccc3Cl)C2)nn1. The molecule has 0 saturated carbocycles. The van der Waals surface area contributed by atoms with Crippen LogP contribution in [-0.4, -0.2) is 38.1 Å². The Labute approximate surface area is 146 Å². The van der Waals surface area contributed by atoms with Gasteiger partial charge in [0.15, 0.2) is 0 Å². The van der Waals surface area contributed by atoms with Gasteiger partial charge in [0, 0.05) is 24.2 Å². The summed E-state index contributed by atoms with van der Waals surface area (Å²) in [5, 5.41) is 19.8. The quantitative estimate of drug-likeness (QED) is 0.918. The maximum absolute atomic E-state index is 13.4. The average Bonchev–Trinajstić information content (AvgIpc) is 3.02. The number of rotatable bonds is 4. The molecule has 0 spiro atoms. The van der Waals surface area contributed by atoms with Crippen molar-refractivity contribution in [1.82, 2.24) is 19.9 Å². The first-order valence-electron chi connectivity index (χ1n) is 8.18. The lowest BCUT2D eigenvalue weighted by Crippen LogP contribution is -2.46. The summed E-state index contributed by atoms with van der Waals surface area (Å²) >= 11 is 6.16. The fourth-order valence-corrected chi connectivity index (χ4v) is 3.29. The molecule has 3 rings (SSSR count). The molecule has 2 heterocycles. The van der Waals surface area contributed by atoms with Crippen LogP contribution in [0.15, 0.2) is 24.4 Å². The van der Waals surface area contributed by atoms with Gasteiger partial charge in [0.25, 0.3) is 0 Å². The summed E-state index contributed by atoms with van der Waals surface area (Å²) in [6, 6.07) is 4.56. The maximum atomic E-state index is 13.4. The van der Waals surface area contributed by atoms with Gasteiger partial charge in [-0.25, -0.2) is 9.07 Å². The van der Waals surface area contributed by atoms with E-state index in [2.05, 4.69) is 15.2 Å². The van der Waals surface area contributed by atoms with Gasteiger partial charge in [-0.2, -0.15) is 0 Å². The zero-order valence-electron chi connectivity index (χ0n) is 13.9. The van der Waals surface area contributed by atoms with Gasteiger partial charge in [-0.1, -0.05) is 16.8 Å². The van der Waals surface area contributed by atoms with Crippen molar-refractivity contribution in [2.45, 2.75) is 44.9 Å². The van der Waals surface area contributed by atoms with Crippen molar-refractivity contribution in [2.24, 2.45) is 0 Å². The summed E-state index contributed by atoms with van der Waals surface area (Å²) in [6.45, 7) is 5.78. The average molecular weight is 353 g/mol. The highest BCUT2D eigenvalue weighted by Gasteiger charge is 2.37. The molecule has 1 atom stereocenters. The molecule has 130 valence electrons. The molecule has 0 unspecified atom stereocenters. The first kappa shape index (κ1) is 17.3. The Morgan fingerprint density at radius 3 is 2.92 bits per heavy atom. The van der Waals surface area contributed by atoms with Gasteiger partial charge in [-0.3, -0.25) is 4.90 Å². The summed E-state index contributed by atoms with van der Waals surface area (Å²) in [5.74, 6) is -0.304. The third-order valence-corrected chi connectivity index (χ3v) is 4.84. The molecule has 0 radical (unpaired) electrons. The van der Waals surface area contributed by atoms with E-state index in [4.69, 9.17) is 11.6 Å². The number of aliphatic hydroxyl groups is 1. The van der Waals surface area contributed by atoms with E-state index in [0.717, 1.165) is 18.5 Å². The molecular formula is C17H22ClFN4O.